The summed E-state index contributed by atoms with van der Waals surface area (Å²) < 4.78 is 41.2. The predicted octanol–water partition coefficient (Wildman–Crippen LogP) is 2.88. The summed E-state index contributed by atoms with van der Waals surface area (Å²) in [4.78, 5) is 16.0. The number of piperazine rings is 1. The minimum absolute atomic E-state index is 0.0591. The predicted molar refractivity (Wildman–Crippen MR) is 124 cm³/mol. The van der Waals surface area contributed by atoms with Crippen LogP contribution in [0.15, 0.2) is 42.6 Å². The largest absolute Gasteiger partial charge is 0.340 e. The van der Waals surface area contributed by atoms with E-state index in [1.807, 2.05) is 32.9 Å². The smallest absolute Gasteiger partial charge is 0.294 e. The van der Waals surface area contributed by atoms with Crippen molar-refractivity contribution >= 4 is 21.7 Å². The summed E-state index contributed by atoms with van der Waals surface area (Å²) in [7, 11) is -3.26. The number of carbonyl (C=O) groups excluding carboxylic acids is 1. The van der Waals surface area contributed by atoms with Crippen molar-refractivity contribution in [3.8, 4) is 0 Å². The lowest BCUT2D eigenvalue weighted by atomic mass is 10.1. The van der Waals surface area contributed by atoms with E-state index in [9.17, 15) is 13.2 Å². The Morgan fingerprint density at radius 2 is 1.84 bits per heavy atom. The van der Waals surface area contributed by atoms with Crippen LogP contribution in [0, 0.1) is 5.82 Å². The van der Waals surface area contributed by atoms with E-state index >= 15 is 4.39 Å². The van der Waals surface area contributed by atoms with Gasteiger partial charge in [-0.2, -0.15) is 4.31 Å². The molecule has 2 heterocycles. The molecule has 176 valence electrons. The van der Waals surface area contributed by atoms with Crippen LogP contribution >= 0.6 is 0 Å². The first kappa shape index (κ1) is 24.2. The molecule has 1 aromatic carbocycles. The van der Waals surface area contributed by atoms with Crippen LogP contribution in [-0.4, -0.2) is 65.5 Å². The van der Waals surface area contributed by atoms with Gasteiger partial charge in [0.05, 0.1) is 17.5 Å². The van der Waals surface area contributed by atoms with Gasteiger partial charge in [0.25, 0.3) is 0 Å². The molecule has 10 heteroatoms. The molecule has 1 aromatic rings. The van der Waals surface area contributed by atoms with Crippen molar-refractivity contribution in [2.75, 3.05) is 24.3 Å². The zero-order chi connectivity index (χ0) is 23.5. The maximum Gasteiger partial charge on any atom is 0.340 e. The molecule has 3 atom stereocenters. The molecule has 2 N–H and O–H groups in total. The third kappa shape index (κ3) is 5.31. The van der Waals surface area contributed by atoms with Crippen molar-refractivity contribution in [2.24, 2.45) is 0 Å². The molecule has 0 aromatic heterocycles. The van der Waals surface area contributed by atoms with E-state index in [0.29, 0.717) is 25.2 Å². The SMILES string of the molecule is CCS(=O)(=O)N1C[C@@H](C)N(Cc2cccc(NNC(=O)N3C=CC=CC3C)c2F)[C@@H](C)C1. The molecule has 0 saturated carbocycles. The zero-order valence-corrected chi connectivity index (χ0v) is 19.8. The highest BCUT2D eigenvalue weighted by atomic mass is 32.2. The van der Waals surface area contributed by atoms with Crippen molar-refractivity contribution in [2.45, 2.75) is 52.4 Å². The first-order chi connectivity index (χ1) is 15.1. The molecule has 0 spiro atoms. The van der Waals surface area contributed by atoms with Crippen LogP contribution in [0.1, 0.15) is 33.3 Å². The second-order valence-electron chi connectivity index (χ2n) is 8.30. The molecule has 0 radical (unpaired) electrons. The number of hydrogen-bond acceptors (Lipinski definition) is 5. The van der Waals surface area contributed by atoms with Crippen LogP contribution in [0.25, 0.3) is 0 Å². The number of amides is 2. The first-order valence-corrected chi connectivity index (χ1v) is 12.4. The van der Waals surface area contributed by atoms with Crippen LogP contribution in [0.3, 0.4) is 0 Å². The Hall–Kier alpha value is -2.43. The number of anilines is 1. The minimum Gasteiger partial charge on any atom is -0.294 e. The Balaban J connectivity index is 1.66. The number of hydrazine groups is 1. The van der Waals surface area contributed by atoms with Gasteiger partial charge < -0.3 is 0 Å². The first-order valence-electron chi connectivity index (χ1n) is 10.8. The number of carbonyl (C=O) groups is 1. The number of nitrogens with one attached hydrogen (secondary N) is 2. The average Bonchev–Trinajstić information content (AvgIpc) is 2.76. The molecule has 3 rings (SSSR count). The van der Waals surface area contributed by atoms with Gasteiger partial charge in [-0.05, 0) is 39.8 Å². The van der Waals surface area contributed by atoms with Gasteiger partial charge in [-0.25, -0.2) is 17.6 Å². The number of hydrogen-bond donors (Lipinski definition) is 2. The molecular formula is C22H32FN5O3S. The van der Waals surface area contributed by atoms with Crippen LogP contribution in [0.5, 0.6) is 0 Å². The number of halogens is 1. The average molecular weight is 466 g/mol. The third-order valence-electron chi connectivity index (χ3n) is 5.98. The molecular weight excluding hydrogens is 433 g/mol. The Kier molecular flexibility index (Phi) is 7.58. The van der Waals surface area contributed by atoms with Gasteiger partial charge in [-0.1, -0.05) is 24.3 Å². The molecule has 0 aliphatic carbocycles. The topological polar surface area (TPSA) is 85.0 Å². The summed E-state index contributed by atoms with van der Waals surface area (Å²) >= 11 is 0. The Bertz CT molecular complexity index is 985. The Labute approximate surface area is 189 Å². The fourth-order valence-corrected chi connectivity index (χ4v) is 5.31. The van der Waals surface area contributed by atoms with E-state index in [-0.39, 0.29) is 29.6 Å². The van der Waals surface area contributed by atoms with Gasteiger partial charge in [-0.15, -0.1) is 0 Å². The fourth-order valence-electron chi connectivity index (χ4n) is 4.06. The molecule has 32 heavy (non-hydrogen) atoms. The summed E-state index contributed by atoms with van der Waals surface area (Å²) in [6.07, 6.45) is 7.17. The lowest BCUT2D eigenvalue weighted by Gasteiger charge is -2.43. The Morgan fingerprint density at radius 1 is 1.16 bits per heavy atom. The molecule has 2 aliphatic rings. The molecule has 2 aliphatic heterocycles. The highest BCUT2D eigenvalue weighted by molar-refractivity contribution is 7.89. The maximum absolute atomic E-state index is 15.2. The number of benzene rings is 1. The van der Waals surface area contributed by atoms with Gasteiger partial charge >= 0.3 is 6.03 Å². The highest BCUT2D eigenvalue weighted by Gasteiger charge is 2.34. The summed E-state index contributed by atoms with van der Waals surface area (Å²) in [5, 5.41) is 0. The van der Waals surface area contributed by atoms with E-state index in [2.05, 4.69) is 15.8 Å². The summed E-state index contributed by atoms with van der Waals surface area (Å²) in [6.45, 7) is 8.54. The van der Waals surface area contributed by atoms with E-state index in [4.69, 9.17) is 0 Å². The number of urea groups is 1. The standard InChI is InChI=1S/C22H32FN5O3S/c1-5-32(30,31)26-13-17(3)28(18(4)14-26)15-19-10-8-11-20(21(19)23)24-25-22(29)27-12-7-6-9-16(27)2/h6-12,16-18,24H,5,13-15H2,1-4H3,(H,25,29)/t16?,17-,18+. The minimum atomic E-state index is -3.26. The van der Waals surface area contributed by atoms with Crippen molar-refractivity contribution in [1.29, 1.82) is 0 Å². The van der Waals surface area contributed by atoms with Gasteiger partial charge in [0.2, 0.25) is 10.0 Å². The van der Waals surface area contributed by atoms with E-state index in [1.165, 1.54) is 9.21 Å². The van der Waals surface area contributed by atoms with Crippen LogP contribution in [0.2, 0.25) is 0 Å². The van der Waals surface area contributed by atoms with Crippen molar-refractivity contribution in [1.82, 2.24) is 19.5 Å². The van der Waals surface area contributed by atoms with E-state index < -0.39 is 21.9 Å². The van der Waals surface area contributed by atoms with Gasteiger partial charge in [0, 0.05) is 43.5 Å². The number of nitrogens with zero attached hydrogens (tertiary/aromatic N) is 3. The number of allylic oxidation sites excluding steroid dienone is 2. The van der Waals surface area contributed by atoms with Gasteiger partial charge in [-0.3, -0.25) is 20.7 Å². The molecule has 8 nitrogen and oxygen atoms in total. The quantitative estimate of drug-likeness (QED) is 0.631. The van der Waals surface area contributed by atoms with Gasteiger partial charge in [0.1, 0.15) is 0 Å². The van der Waals surface area contributed by atoms with Crippen LogP contribution in [-0.2, 0) is 16.6 Å². The van der Waals surface area contributed by atoms with E-state index in [1.54, 1.807) is 37.4 Å². The van der Waals surface area contributed by atoms with Crippen LogP contribution in [0.4, 0.5) is 14.9 Å². The lowest BCUT2D eigenvalue weighted by molar-refractivity contribution is 0.0690. The number of sulfonamides is 1. The lowest BCUT2D eigenvalue weighted by Crippen LogP contribution is -2.57. The molecule has 0 bridgehead atoms. The molecule has 2 amide bonds. The zero-order valence-electron chi connectivity index (χ0n) is 19.0. The van der Waals surface area contributed by atoms with Crippen molar-refractivity contribution < 1.29 is 17.6 Å². The fraction of sp³-hybridized carbons (Fsp3) is 0.500. The molecule has 1 saturated heterocycles. The second-order valence-corrected chi connectivity index (χ2v) is 10.6. The van der Waals surface area contributed by atoms with Crippen molar-refractivity contribution in [3.05, 3.63) is 54.0 Å². The molecule has 1 fully saturated rings. The summed E-state index contributed by atoms with van der Waals surface area (Å²) in [5.41, 5.74) is 5.88. The third-order valence-corrected chi connectivity index (χ3v) is 7.80. The summed E-state index contributed by atoms with van der Waals surface area (Å²) in [6, 6.07) is 4.39. The van der Waals surface area contributed by atoms with Crippen LogP contribution < -0.4 is 10.9 Å². The summed E-state index contributed by atoms with van der Waals surface area (Å²) in [5.74, 6) is -0.374. The normalized spacial score (nSPS) is 24.5. The highest BCUT2D eigenvalue weighted by Crippen LogP contribution is 2.25. The van der Waals surface area contributed by atoms with Crippen molar-refractivity contribution in [3.63, 3.8) is 0 Å². The monoisotopic (exact) mass is 465 g/mol. The molecule has 1 unspecified atom stereocenters. The number of rotatable bonds is 6. The van der Waals surface area contributed by atoms with E-state index in [0.717, 1.165) is 0 Å². The second kappa shape index (κ2) is 10.0. The maximum atomic E-state index is 15.2. The Morgan fingerprint density at radius 3 is 2.47 bits per heavy atom. The van der Waals surface area contributed by atoms with Gasteiger partial charge in [0.15, 0.2) is 5.82 Å².